The van der Waals surface area contributed by atoms with Crippen molar-refractivity contribution in [2.24, 2.45) is 10.8 Å². The fourth-order valence-corrected chi connectivity index (χ4v) is 3.87. The van der Waals surface area contributed by atoms with E-state index in [9.17, 15) is 5.11 Å². The third kappa shape index (κ3) is 7.72. The second-order valence-corrected chi connectivity index (χ2v) is 9.90. The van der Waals surface area contributed by atoms with Crippen LogP contribution in [0.1, 0.15) is 109 Å². The first kappa shape index (κ1) is 21.3. The monoisotopic (exact) mass is 358 g/mol. The number of aryl methyl sites for hydroxylation is 2. The fourth-order valence-electron chi connectivity index (χ4n) is 3.87. The van der Waals surface area contributed by atoms with Crippen LogP contribution in [0.4, 0.5) is 0 Å². The Balaban J connectivity index is 1.70. The number of phenols is 1. The molecule has 26 heavy (non-hydrogen) atoms. The molecule has 0 saturated heterocycles. The van der Waals surface area contributed by atoms with Crippen LogP contribution in [-0.2, 0) is 12.8 Å². The molecule has 2 rings (SSSR count). The van der Waals surface area contributed by atoms with E-state index in [1.54, 1.807) is 0 Å². The minimum absolute atomic E-state index is 0.428. The predicted molar refractivity (Wildman–Crippen MR) is 114 cm³/mol. The van der Waals surface area contributed by atoms with Gasteiger partial charge in [0.2, 0.25) is 0 Å². The summed E-state index contributed by atoms with van der Waals surface area (Å²) in [7, 11) is 0. The molecule has 1 nitrogen and oxygen atoms in total. The molecule has 1 N–H and O–H groups in total. The molecule has 148 valence electrons. The molecule has 1 heteroatoms. The third-order valence-electron chi connectivity index (χ3n) is 6.78. The highest BCUT2D eigenvalue weighted by atomic mass is 16.3. The number of hydrogen-bond donors (Lipinski definition) is 1. The van der Waals surface area contributed by atoms with Crippen LogP contribution in [0.15, 0.2) is 18.2 Å². The Morgan fingerprint density at radius 3 is 2.23 bits per heavy atom. The molecule has 1 aromatic rings. The maximum Gasteiger partial charge on any atom is 0.115 e. The average Bonchev–Trinajstić information content (AvgIpc) is 3.33. The zero-order valence-corrected chi connectivity index (χ0v) is 17.9. The van der Waals surface area contributed by atoms with Crippen LogP contribution in [0.5, 0.6) is 5.75 Å². The van der Waals surface area contributed by atoms with E-state index in [4.69, 9.17) is 0 Å². The second kappa shape index (κ2) is 9.81. The molecule has 0 spiro atoms. The van der Waals surface area contributed by atoms with Gasteiger partial charge in [-0.3, -0.25) is 0 Å². The normalized spacial score (nSPS) is 16.0. The summed E-state index contributed by atoms with van der Waals surface area (Å²) < 4.78 is 0. The van der Waals surface area contributed by atoms with Crippen LogP contribution < -0.4 is 0 Å². The molecule has 1 aliphatic carbocycles. The van der Waals surface area contributed by atoms with Gasteiger partial charge in [0.25, 0.3) is 0 Å². The number of benzene rings is 1. The maximum atomic E-state index is 9.88. The molecule has 0 unspecified atom stereocenters. The van der Waals surface area contributed by atoms with Crippen LogP contribution in [0, 0.1) is 10.8 Å². The van der Waals surface area contributed by atoms with Crippen molar-refractivity contribution in [3.63, 3.8) is 0 Å². The molecule has 0 aromatic heterocycles. The van der Waals surface area contributed by atoms with Crippen LogP contribution in [0.2, 0.25) is 0 Å². The van der Waals surface area contributed by atoms with E-state index in [1.807, 2.05) is 12.1 Å². The first-order valence-corrected chi connectivity index (χ1v) is 11.1. The number of phenolic OH excluding ortho intramolecular Hbond substituents is 1. The minimum atomic E-state index is 0.428. The summed E-state index contributed by atoms with van der Waals surface area (Å²) in [5.41, 5.74) is 4.05. The molecule has 0 bridgehead atoms. The second-order valence-electron chi connectivity index (χ2n) is 9.90. The van der Waals surface area contributed by atoms with Crippen molar-refractivity contribution in [1.82, 2.24) is 0 Å². The smallest absolute Gasteiger partial charge is 0.115 e. The Morgan fingerprint density at radius 2 is 1.58 bits per heavy atom. The summed E-state index contributed by atoms with van der Waals surface area (Å²) >= 11 is 0. The van der Waals surface area contributed by atoms with E-state index < -0.39 is 0 Å². The van der Waals surface area contributed by atoms with Crippen LogP contribution in [0.25, 0.3) is 0 Å². The Morgan fingerprint density at radius 1 is 0.923 bits per heavy atom. The van der Waals surface area contributed by atoms with Gasteiger partial charge in [0, 0.05) is 0 Å². The molecule has 1 saturated carbocycles. The minimum Gasteiger partial charge on any atom is -0.508 e. The van der Waals surface area contributed by atoms with Gasteiger partial charge < -0.3 is 5.11 Å². The Bertz CT molecular complexity index is 539. The molecular formula is C25H42O. The van der Waals surface area contributed by atoms with Gasteiger partial charge in [0.15, 0.2) is 0 Å². The molecular weight excluding hydrogens is 316 g/mol. The molecule has 1 fully saturated rings. The number of aromatic hydroxyl groups is 1. The zero-order valence-electron chi connectivity index (χ0n) is 17.9. The highest BCUT2D eigenvalue weighted by Crippen LogP contribution is 2.49. The Kier molecular flexibility index (Phi) is 8.05. The number of rotatable bonds is 13. The number of hydrogen-bond acceptors (Lipinski definition) is 1. The predicted octanol–water partition coefficient (Wildman–Crippen LogP) is 7.83. The van der Waals surface area contributed by atoms with Gasteiger partial charge in [-0.05, 0) is 85.5 Å². The standard InChI is InChI=1S/C25H42O/c1-5-24(2,3)16-10-6-9-13-22-20-23(26)15-14-21(22)12-8-7-11-17-25(4)18-19-25/h14-15,20,26H,5-13,16-19H2,1-4H3. The summed E-state index contributed by atoms with van der Waals surface area (Å²) in [6.45, 7) is 9.49. The summed E-state index contributed by atoms with van der Waals surface area (Å²) in [5, 5.41) is 9.88. The lowest BCUT2D eigenvalue weighted by Gasteiger charge is -2.22. The topological polar surface area (TPSA) is 20.2 Å². The van der Waals surface area contributed by atoms with Gasteiger partial charge in [-0.1, -0.05) is 65.9 Å². The first-order chi connectivity index (χ1) is 12.3. The largest absolute Gasteiger partial charge is 0.508 e. The lowest BCUT2D eigenvalue weighted by Crippen LogP contribution is -2.08. The highest BCUT2D eigenvalue weighted by molar-refractivity contribution is 5.35. The molecule has 0 atom stereocenters. The third-order valence-corrected chi connectivity index (χ3v) is 6.78. The molecule has 1 aliphatic rings. The molecule has 0 amide bonds. The molecule has 0 aliphatic heterocycles. The zero-order chi connectivity index (χ0) is 19.0. The van der Waals surface area contributed by atoms with Gasteiger partial charge in [0.1, 0.15) is 5.75 Å². The Hall–Kier alpha value is -0.980. The summed E-state index contributed by atoms with van der Waals surface area (Å²) in [5.74, 6) is 0.428. The van der Waals surface area contributed by atoms with Crippen molar-refractivity contribution in [3.05, 3.63) is 29.3 Å². The van der Waals surface area contributed by atoms with Crippen LogP contribution in [0.3, 0.4) is 0 Å². The quantitative estimate of drug-likeness (QED) is 0.356. The van der Waals surface area contributed by atoms with E-state index in [0.717, 1.165) is 6.42 Å². The van der Waals surface area contributed by atoms with E-state index in [2.05, 4.69) is 33.8 Å². The van der Waals surface area contributed by atoms with Crippen molar-refractivity contribution in [2.45, 2.75) is 111 Å². The molecule has 0 heterocycles. The van der Waals surface area contributed by atoms with E-state index in [-0.39, 0.29) is 0 Å². The highest BCUT2D eigenvalue weighted by Gasteiger charge is 2.35. The van der Waals surface area contributed by atoms with Gasteiger partial charge in [-0.15, -0.1) is 0 Å². The van der Waals surface area contributed by atoms with Crippen molar-refractivity contribution in [2.75, 3.05) is 0 Å². The summed E-state index contributed by atoms with van der Waals surface area (Å²) in [6.07, 6.45) is 17.1. The van der Waals surface area contributed by atoms with Crippen molar-refractivity contribution in [1.29, 1.82) is 0 Å². The van der Waals surface area contributed by atoms with Gasteiger partial charge in [-0.25, -0.2) is 0 Å². The van der Waals surface area contributed by atoms with Crippen molar-refractivity contribution < 1.29 is 5.11 Å². The van der Waals surface area contributed by atoms with E-state index in [1.165, 1.54) is 88.2 Å². The molecule has 0 radical (unpaired) electrons. The van der Waals surface area contributed by atoms with Gasteiger partial charge in [-0.2, -0.15) is 0 Å². The van der Waals surface area contributed by atoms with E-state index >= 15 is 0 Å². The van der Waals surface area contributed by atoms with Crippen molar-refractivity contribution >= 4 is 0 Å². The summed E-state index contributed by atoms with van der Waals surface area (Å²) in [6, 6.07) is 6.04. The fraction of sp³-hybridized carbons (Fsp3) is 0.760. The lowest BCUT2D eigenvalue weighted by molar-refractivity contribution is 0.308. The lowest BCUT2D eigenvalue weighted by atomic mass is 9.84. The molecule has 1 aromatic carbocycles. The average molecular weight is 359 g/mol. The van der Waals surface area contributed by atoms with Crippen LogP contribution in [-0.4, -0.2) is 5.11 Å². The van der Waals surface area contributed by atoms with Gasteiger partial charge >= 0.3 is 0 Å². The van der Waals surface area contributed by atoms with Gasteiger partial charge in [0.05, 0.1) is 0 Å². The summed E-state index contributed by atoms with van der Waals surface area (Å²) in [4.78, 5) is 0. The SMILES string of the molecule is CCC(C)(C)CCCCCc1cc(O)ccc1CCCCCC1(C)CC1. The van der Waals surface area contributed by atoms with Crippen LogP contribution >= 0.6 is 0 Å². The first-order valence-electron chi connectivity index (χ1n) is 11.1. The van der Waals surface area contributed by atoms with Crippen molar-refractivity contribution in [3.8, 4) is 5.75 Å². The Labute approximate surface area is 162 Å². The number of unbranched alkanes of at least 4 members (excludes halogenated alkanes) is 4. The van der Waals surface area contributed by atoms with E-state index in [0.29, 0.717) is 16.6 Å². The maximum absolute atomic E-state index is 9.88.